The molecule has 0 fully saturated rings. The highest BCUT2D eigenvalue weighted by atomic mass is 16.5. The Morgan fingerprint density at radius 2 is 1.74 bits per heavy atom. The minimum atomic E-state index is -0.198. The lowest BCUT2D eigenvalue weighted by Crippen LogP contribution is -2.18. The van der Waals surface area contributed by atoms with Gasteiger partial charge in [-0.2, -0.15) is 4.80 Å². The van der Waals surface area contributed by atoms with Gasteiger partial charge < -0.3 is 4.74 Å². The first-order chi connectivity index (χ1) is 12.8. The monoisotopic (exact) mass is 365 g/mol. The largest absolute Gasteiger partial charge is 0.469 e. The molecule has 142 valence electrons. The van der Waals surface area contributed by atoms with E-state index >= 15 is 0 Å². The fraction of sp³-hybridized carbons (Fsp3) is 0.409. The van der Waals surface area contributed by atoms with E-state index < -0.39 is 0 Å². The predicted octanol–water partition coefficient (Wildman–Crippen LogP) is 4.39. The summed E-state index contributed by atoms with van der Waals surface area (Å²) in [5.41, 5.74) is 6.32. The molecule has 5 heteroatoms. The number of aryl methyl sites for hydroxylation is 1. The standard InChI is InChI=1S/C22H27N3O2/c1-6-16-17(22(2,3)4)13-15(11-12-21(26)27-5)14-20(16)25-23-18-9-7-8-10-19(18)24-25/h7-10,13-14H,6,11-12H2,1-5H3. The zero-order chi connectivity index (χ0) is 19.6. The molecule has 27 heavy (non-hydrogen) atoms. The number of ether oxygens (including phenoxy) is 1. The summed E-state index contributed by atoms with van der Waals surface area (Å²) in [6.45, 7) is 8.79. The van der Waals surface area contributed by atoms with Crippen LogP contribution in [0.3, 0.4) is 0 Å². The minimum absolute atomic E-state index is 0.0199. The van der Waals surface area contributed by atoms with Crippen molar-refractivity contribution in [2.45, 2.75) is 52.4 Å². The van der Waals surface area contributed by atoms with Crippen molar-refractivity contribution in [2.75, 3.05) is 7.11 Å². The maximum Gasteiger partial charge on any atom is 0.305 e. The SMILES string of the molecule is CCc1c(-n2nc3ccccc3n2)cc(CCC(=O)OC)cc1C(C)(C)C. The molecule has 0 aliphatic heterocycles. The van der Waals surface area contributed by atoms with Gasteiger partial charge in [0.15, 0.2) is 0 Å². The molecule has 3 aromatic rings. The third-order valence-electron chi connectivity index (χ3n) is 4.80. The van der Waals surface area contributed by atoms with Gasteiger partial charge in [-0.05, 0) is 53.1 Å². The van der Waals surface area contributed by atoms with Crippen LogP contribution in [0.25, 0.3) is 16.7 Å². The van der Waals surface area contributed by atoms with Crippen LogP contribution in [0.15, 0.2) is 36.4 Å². The van der Waals surface area contributed by atoms with E-state index in [2.05, 4.69) is 50.0 Å². The Morgan fingerprint density at radius 3 is 2.26 bits per heavy atom. The van der Waals surface area contributed by atoms with Crippen LogP contribution in [0.1, 0.15) is 50.8 Å². The van der Waals surface area contributed by atoms with E-state index in [0.29, 0.717) is 12.8 Å². The van der Waals surface area contributed by atoms with Crippen molar-refractivity contribution in [3.63, 3.8) is 0 Å². The van der Waals surface area contributed by atoms with Crippen molar-refractivity contribution < 1.29 is 9.53 Å². The third kappa shape index (κ3) is 4.02. The van der Waals surface area contributed by atoms with Gasteiger partial charge in [-0.15, -0.1) is 10.2 Å². The third-order valence-corrected chi connectivity index (χ3v) is 4.80. The molecule has 3 rings (SSSR count). The van der Waals surface area contributed by atoms with Gasteiger partial charge >= 0.3 is 5.97 Å². The van der Waals surface area contributed by atoms with E-state index in [0.717, 1.165) is 28.7 Å². The number of nitrogens with zero attached hydrogens (tertiary/aromatic N) is 3. The van der Waals surface area contributed by atoms with E-state index in [9.17, 15) is 4.79 Å². The molecule has 0 aliphatic rings. The van der Waals surface area contributed by atoms with Gasteiger partial charge in [0.2, 0.25) is 0 Å². The molecule has 1 aromatic heterocycles. The van der Waals surface area contributed by atoms with Gasteiger partial charge in [0.25, 0.3) is 0 Å². The Kier molecular flexibility index (Phi) is 5.31. The normalized spacial score (nSPS) is 11.7. The summed E-state index contributed by atoms with van der Waals surface area (Å²) >= 11 is 0. The van der Waals surface area contributed by atoms with Crippen molar-refractivity contribution in [2.24, 2.45) is 0 Å². The highest BCUT2D eigenvalue weighted by Crippen LogP contribution is 2.32. The van der Waals surface area contributed by atoms with E-state index in [1.54, 1.807) is 4.80 Å². The Hall–Kier alpha value is -2.69. The molecule has 0 radical (unpaired) electrons. The highest BCUT2D eigenvalue weighted by Gasteiger charge is 2.22. The van der Waals surface area contributed by atoms with E-state index in [1.165, 1.54) is 18.2 Å². The second kappa shape index (κ2) is 7.51. The molecule has 0 saturated carbocycles. The molecule has 1 heterocycles. The van der Waals surface area contributed by atoms with E-state index in [-0.39, 0.29) is 11.4 Å². The Labute approximate surface area is 160 Å². The lowest BCUT2D eigenvalue weighted by Gasteiger charge is -2.25. The van der Waals surface area contributed by atoms with Gasteiger partial charge in [0.1, 0.15) is 11.0 Å². The number of aromatic nitrogens is 3. The number of methoxy groups -OCH3 is 1. The molecule has 0 aliphatic carbocycles. The molecule has 0 unspecified atom stereocenters. The van der Waals surface area contributed by atoms with Gasteiger partial charge in [-0.3, -0.25) is 4.79 Å². The van der Waals surface area contributed by atoms with E-state index in [4.69, 9.17) is 4.74 Å². The molecular formula is C22H27N3O2. The van der Waals surface area contributed by atoms with Gasteiger partial charge in [0, 0.05) is 6.42 Å². The average Bonchev–Trinajstić information content (AvgIpc) is 3.08. The predicted molar refractivity (Wildman–Crippen MR) is 107 cm³/mol. The fourth-order valence-electron chi connectivity index (χ4n) is 3.39. The number of esters is 1. The fourth-order valence-corrected chi connectivity index (χ4v) is 3.39. The topological polar surface area (TPSA) is 57.0 Å². The maximum atomic E-state index is 11.6. The first-order valence-electron chi connectivity index (χ1n) is 9.39. The molecular weight excluding hydrogens is 338 g/mol. The van der Waals surface area contributed by atoms with Gasteiger partial charge in [-0.25, -0.2) is 0 Å². The summed E-state index contributed by atoms with van der Waals surface area (Å²) in [6, 6.07) is 12.2. The molecule has 0 atom stereocenters. The van der Waals surface area contributed by atoms with Crippen molar-refractivity contribution in [1.82, 2.24) is 15.0 Å². The van der Waals surface area contributed by atoms with Crippen LogP contribution in [0.2, 0.25) is 0 Å². The van der Waals surface area contributed by atoms with E-state index in [1.807, 2.05) is 24.3 Å². The van der Waals surface area contributed by atoms with Gasteiger partial charge in [0.05, 0.1) is 12.8 Å². The molecule has 0 amide bonds. The van der Waals surface area contributed by atoms with Crippen LogP contribution in [0.5, 0.6) is 0 Å². The number of hydrogen-bond donors (Lipinski definition) is 0. The Morgan fingerprint density at radius 1 is 1.11 bits per heavy atom. The molecule has 0 bridgehead atoms. The van der Waals surface area contributed by atoms with Crippen molar-refractivity contribution in [3.8, 4) is 5.69 Å². The molecule has 0 N–H and O–H groups in total. The van der Waals surface area contributed by atoms with Crippen LogP contribution in [-0.2, 0) is 27.8 Å². The first kappa shape index (κ1) is 19.1. The number of benzene rings is 2. The summed E-state index contributed by atoms with van der Waals surface area (Å²) in [7, 11) is 1.42. The second-order valence-corrected chi connectivity index (χ2v) is 7.80. The van der Waals surface area contributed by atoms with Crippen molar-refractivity contribution in [3.05, 3.63) is 53.1 Å². The second-order valence-electron chi connectivity index (χ2n) is 7.80. The Balaban J connectivity index is 2.16. The van der Waals surface area contributed by atoms with Crippen LogP contribution in [-0.4, -0.2) is 28.1 Å². The van der Waals surface area contributed by atoms with Crippen LogP contribution in [0.4, 0.5) is 0 Å². The average molecular weight is 365 g/mol. The van der Waals surface area contributed by atoms with Crippen LogP contribution < -0.4 is 0 Å². The summed E-state index contributed by atoms with van der Waals surface area (Å²) in [4.78, 5) is 13.3. The molecule has 0 spiro atoms. The first-order valence-corrected chi connectivity index (χ1v) is 9.39. The Bertz CT molecular complexity index is 934. The number of rotatable bonds is 5. The number of carbonyl (C=O) groups is 1. The summed E-state index contributed by atoms with van der Waals surface area (Å²) in [5, 5.41) is 9.36. The minimum Gasteiger partial charge on any atom is -0.469 e. The number of fused-ring (bicyclic) bond motifs is 1. The number of hydrogen-bond acceptors (Lipinski definition) is 4. The summed E-state index contributed by atoms with van der Waals surface area (Å²) in [5.74, 6) is -0.198. The molecule has 5 nitrogen and oxygen atoms in total. The smallest absolute Gasteiger partial charge is 0.305 e. The summed E-state index contributed by atoms with van der Waals surface area (Å²) in [6.07, 6.45) is 1.88. The maximum absolute atomic E-state index is 11.6. The van der Waals surface area contributed by atoms with Crippen molar-refractivity contribution >= 4 is 17.0 Å². The van der Waals surface area contributed by atoms with Crippen molar-refractivity contribution in [1.29, 1.82) is 0 Å². The summed E-state index contributed by atoms with van der Waals surface area (Å²) < 4.78 is 4.80. The lowest BCUT2D eigenvalue weighted by molar-refractivity contribution is -0.140. The number of carbonyl (C=O) groups excluding carboxylic acids is 1. The van der Waals surface area contributed by atoms with Gasteiger partial charge in [-0.1, -0.05) is 45.9 Å². The zero-order valence-electron chi connectivity index (χ0n) is 16.7. The lowest BCUT2D eigenvalue weighted by atomic mass is 9.81. The highest BCUT2D eigenvalue weighted by molar-refractivity contribution is 5.73. The van der Waals surface area contributed by atoms with Crippen LogP contribution in [0, 0.1) is 0 Å². The molecule has 0 saturated heterocycles. The molecule has 2 aromatic carbocycles. The van der Waals surface area contributed by atoms with Crippen LogP contribution >= 0.6 is 0 Å². The zero-order valence-corrected chi connectivity index (χ0v) is 16.7. The quantitative estimate of drug-likeness (QED) is 0.629.